The number of carbonyl (C=O) groups is 1. The molecule has 1 atom stereocenters. The largest absolute Gasteiger partial charge is 0.494 e. The van der Waals surface area contributed by atoms with E-state index in [0.29, 0.717) is 35.0 Å². The minimum atomic E-state index is -1.54. The molecule has 1 aromatic heterocycles. The highest BCUT2D eigenvalue weighted by Crippen LogP contribution is 2.45. The number of amides is 1. The van der Waals surface area contributed by atoms with E-state index in [1.807, 2.05) is 0 Å². The molecule has 34 heavy (non-hydrogen) atoms. The molecule has 2 aromatic carbocycles. The van der Waals surface area contributed by atoms with E-state index in [4.69, 9.17) is 18.6 Å². The molecule has 2 heterocycles. The molecular weight excluding hydrogens is 446 g/mol. The molecule has 0 saturated carbocycles. The van der Waals surface area contributed by atoms with Crippen molar-refractivity contribution in [2.45, 2.75) is 45.8 Å². The van der Waals surface area contributed by atoms with Gasteiger partial charge in [0, 0.05) is 6.07 Å². The molecule has 1 aliphatic rings. The number of aryl methyl sites for hydroxylation is 1. The molecule has 4 rings (SSSR count). The Balaban J connectivity index is 1.61. The third-order valence-corrected chi connectivity index (χ3v) is 9.94. The molecule has 0 spiro atoms. The molecule has 7 heteroatoms. The molecule has 0 saturated heterocycles. The van der Waals surface area contributed by atoms with Gasteiger partial charge < -0.3 is 23.9 Å². The number of rotatable bonds is 7. The minimum Gasteiger partial charge on any atom is -0.494 e. The van der Waals surface area contributed by atoms with Gasteiger partial charge in [-0.1, -0.05) is 44.3 Å². The van der Waals surface area contributed by atoms with E-state index in [1.165, 1.54) is 36.6 Å². The SMILES string of the molecule is COc1cccc(OC)c1NC(=O)c1ccc(Oc2cc(C)cc3c2C(C(C)C)C[Si]3(C)C)o1. The number of hydrogen-bond acceptors (Lipinski definition) is 5. The topological polar surface area (TPSA) is 69.9 Å². The summed E-state index contributed by atoms with van der Waals surface area (Å²) in [6, 6.07) is 14.2. The van der Waals surface area contributed by atoms with Crippen LogP contribution in [0.15, 0.2) is 46.9 Å². The fraction of sp³-hybridized carbons (Fsp3) is 0.370. The summed E-state index contributed by atoms with van der Waals surface area (Å²) in [6.45, 7) is 11.5. The lowest BCUT2D eigenvalue weighted by Crippen LogP contribution is -2.37. The van der Waals surface area contributed by atoms with E-state index >= 15 is 0 Å². The lowest BCUT2D eigenvalue weighted by Gasteiger charge is -2.19. The summed E-state index contributed by atoms with van der Waals surface area (Å²) in [6.07, 6.45) is 0. The summed E-state index contributed by atoms with van der Waals surface area (Å²) in [7, 11) is 1.54. The van der Waals surface area contributed by atoms with Crippen LogP contribution in [0.3, 0.4) is 0 Å². The van der Waals surface area contributed by atoms with Gasteiger partial charge in [-0.05, 0) is 60.2 Å². The first kappa shape index (κ1) is 23.9. The highest BCUT2D eigenvalue weighted by Gasteiger charge is 2.42. The van der Waals surface area contributed by atoms with Crippen molar-refractivity contribution in [3.63, 3.8) is 0 Å². The monoisotopic (exact) mass is 479 g/mol. The molecule has 0 fully saturated rings. The molecule has 1 unspecified atom stereocenters. The fourth-order valence-corrected chi connectivity index (χ4v) is 8.53. The zero-order chi connectivity index (χ0) is 24.6. The molecule has 1 aliphatic heterocycles. The number of ether oxygens (including phenoxy) is 3. The quantitative estimate of drug-likeness (QED) is 0.402. The molecule has 3 aromatic rings. The zero-order valence-corrected chi connectivity index (χ0v) is 21.9. The highest BCUT2D eigenvalue weighted by atomic mass is 28.3. The van der Waals surface area contributed by atoms with Crippen LogP contribution in [-0.4, -0.2) is 28.2 Å². The Morgan fingerprint density at radius 2 is 1.74 bits per heavy atom. The number of anilines is 1. The van der Waals surface area contributed by atoms with Crippen LogP contribution in [0.25, 0.3) is 0 Å². The lowest BCUT2D eigenvalue weighted by atomic mass is 9.89. The maximum absolute atomic E-state index is 12.9. The maximum atomic E-state index is 12.9. The van der Waals surface area contributed by atoms with Crippen LogP contribution in [0.2, 0.25) is 19.1 Å². The van der Waals surface area contributed by atoms with E-state index in [2.05, 4.69) is 51.3 Å². The van der Waals surface area contributed by atoms with E-state index < -0.39 is 14.0 Å². The summed E-state index contributed by atoms with van der Waals surface area (Å²) in [5.41, 5.74) is 2.92. The van der Waals surface area contributed by atoms with Crippen molar-refractivity contribution >= 4 is 24.9 Å². The Kier molecular flexibility index (Phi) is 6.49. The van der Waals surface area contributed by atoms with Gasteiger partial charge in [-0.2, -0.15) is 0 Å². The van der Waals surface area contributed by atoms with Crippen LogP contribution in [0, 0.1) is 12.8 Å². The van der Waals surface area contributed by atoms with Gasteiger partial charge >= 0.3 is 0 Å². The van der Waals surface area contributed by atoms with Crippen molar-refractivity contribution < 1.29 is 23.4 Å². The van der Waals surface area contributed by atoms with Gasteiger partial charge in [0.25, 0.3) is 11.9 Å². The summed E-state index contributed by atoms with van der Waals surface area (Å²) in [5, 5.41) is 4.29. The summed E-state index contributed by atoms with van der Waals surface area (Å²) >= 11 is 0. The second-order valence-corrected chi connectivity index (χ2v) is 14.6. The Labute approximate surface area is 202 Å². The van der Waals surface area contributed by atoms with Gasteiger partial charge in [-0.3, -0.25) is 4.79 Å². The molecule has 6 nitrogen and oxygen atoms in total. The Morgan fingerprint density at radius 1 is 1.06 bits per heavy atom. The molecular formula is C27H33NO5Si. The van der Waals surface area contributed by atoms with Gasteiger partial charge in [0.15, 0.2) is 5.76 Å². The summed E-state index contributed by atoms with van der Waals surface area (Å²) < 4.78 is 22.8. The van der Waals surface area contributed by atoms with Crippen molar-refractivity contribution in [1.82, 2.24) is 0 Å². The predicted molar refractivity (Wildman–Crippen MR) is 137 cm³/mol. The first-order chi connectivity index (χ1) is 16.1. The predicted octanol–water partition coefficient (Wildman–Crippen LogP) is 6.32. The minimum absolute atomic E-state index is 0.141. The van der Waals surface area contributed by atoms with E-state index in [1.54, 1.807) is 30.3 Å². The molecule has 0 bridgehead atoms. The second-order valence-electron chi connectivity index (χ2n) is 9.88. The average molecular weight is 480 g/mol. The van der Waals surface area contributed by atoms with Crippen LogP contribution in [-0.2, 0) is 0 Å². The number of methoxy groups -OCH3 is 2. The average Bonchev–Trinajstić information content (AvgIpc) is 3.36. The van der Waals surface area contributed by atoms with Crippen LogP contribution in [0.5, 0.6) is 23.2 Å². The number of nitrogens with one attached hydrogen (secondary N) is 1. The number of fused-ring (bicyclic) bond motifs is 1. The fourth-order valence-electron chi connectivity index (χ4n) is 4.88. The second kappa shape index (κ2) is 9.22. The number of carbonyl (C=O) groups excluding carboxylic acids is 1. The van der Waals surface area contributed by atoms with Crippen LogP contribution in [0.4, 0.5) is 5.69 Å². The Morgan fingerprint density at radius 3 is 2.35 bits per heavy atom. The van der Waals surface area contributed by atoms with Crippen molar-refractivity contribution in [2.24, 2.45) is 5.92 Å². The number of furan rings is 1. The van der Waals surface area contributed by atoms with Gasteiger partial charge in [-0.25, -0.2) is 0 Å². The standard InChI is InChI=1S/C27H33NO5Si/c1-16(2)18-15-34(6,7)23-14-17(3)13-22(25(18)23)33-24-12-11-21(32-24)27(29)28-26-19(30-4)9-8-10-20(26)31-5/h8-14,16,18H,15H2,1-7H3,(H,28,29). The van der Waals surface area contributed by atoms with Crippen LogP contribution in [0.1, 0.15) is 41.4 Å². The number of para-hydroxylation sites is 1. The van der Waals surface area contributed by atoms with Crippen molar-refractivity contribution in [2.75, 3.05) is 19.5 Å². The lowest BCUT2D eigenvalue weighted by molar-refractivity contribution is 0.0991. The van der Waals surface area contributed by atoms with Gasteiger partial charge in [0.2, 0.25) is 0 Å². The zero-order valence-electron chi connectivity index (χ0n) is 20.9. The van der Waals surface area contributed by atoms with Gasteiger partial charge in [-0.15, -0.1) is 0 Å². The smallest absolute Gasteiger partial charge is 0.291 e. The van der Waals surface area contributed by atoms with E-state index in [-0.39, 0.29) is 5.76 Å². The third kappa shape index (κ3) is 4.44. The van der Waals surface area contributed by atoms with E-state index in [0.717, 1.165) is 5.75 Å². The maximum Gasteiger partial charge on any atom is 0.291 e. The van der Waals surface area contributed by atoms with Crippen molar-refractivity contribution in [3.05, 3.63) is 59.4 Å². The normalized spacial score (nSPS) is 16.3. The van der Waals surface area contributed by atoms with Gasteiger partial charge in [0.1, 0.15) is 22.9 Å². The number of hydrogen-bond donors (Lipinski definition) is 1. The van der Waals surface area contributed by atoms with E-state index in [9.17, 15) is 4.79 Å². The Bertz CT molecular complexity index is 1190. The van der Waals surface area contributed by atoms with Crippen LogP contribution >= 0.6 is 0 Å². The van der Waals surface area contributed by atoms with Crippen molar-refractivity contribution in [1.29, 1.82) is 0 Å². The molecule has 1 amide bonds. The molecule has 0 radical (unpaired) electrons. The Hall–Kier alpha value is -3.19. The molecule has 0 aliphatic carbocycles. The first-order valence-electron chi connectivity index (χ1n) is 11.6. The number of benzene rings is 2. The third-order valence-electron chi connectivity index (χ3n) is 6.60. The van der Waals surface area contributed by atoms with Crippen molar-refractivity contribution in [3.8, 4) is 23.2 Å². The summed E-state index contributed by atoms with van der Waals surface area (Å²) in [5.74, 6) is 2.83. The van der Waals surface area contributed by atoms with Gasteiger partial charge in [0.05, 0.1) is 22.3 Å². The molecule has 180 valence electrons. The summed E-state index contributed by atoms with van der Waals surface area (Å²) in [4.78, 5) is 12.9. The molecule has 1 N–H and O–H groups in total. The van der Waals surface area contributed by atoms with Crippen LogP contribution < -0.4 is 24.7 Å². The first-order valence-corrected chi connectivity index (χ1v) is 14.8. The highest BCUT2D eigenvalue weighted by molar-refractivity contribution is 6.91.